The van der Waals surface area contributed by atoms with E-state index in [9.17, 15) is 9.59 Å². The van der Waals surface area contributed by atoms with E-state index in [0.717, 1.165) is 31.4 Å². The van der Waals surface area contributed by atoms with Crippen LogP contribution in [0.3, 0.4) is 0 Å². The monoisotopic (exact) mass is 414 g/mol. The number of carbonyl (C=O) groups is 2. The Morgan fingerprint density at radius 3 is 2.77 bits per heavy atom. The molecule has 1 aromatic rings. The number of nitrogens with zero attached hydrogens (tertiary/aromatic N) is 1. The number of nitrogens with one attached hydrogen (secondary N) is 1. The predicted molar refractivity (Wildman–Crippen MR) is 109 cm³/mol. The lowest BCUT2D eigenvalue weighted by molar-refractivity contribution is -0.143. The molecule has 5 aliphatic rings. The van der Waals surface area contributed by atoms with Gasteiger partial charge in [-0.3, -0.25) is 9.59 Å². The summed E-state index contributed by atoms with van der Waals surface area (Å²) in [5.74, 6) is 1.30. The molecule has 2 atom stereocenters. The SMILES string of the molecule is O=C1COC[C@]2(CCN3C(=O)CCOc4ccccc4C4CCC(CC4)OC[C@H]32)N1. The van der Waals surface area contributed by atoms with E-state index in [2.05, 4.69) is 17.4 Å². The summed E-state index contributed by atoms with van der Waals surface area (Å²) in [6.45, 7) is 1.89. The molecule has 4 heterocycles. The zero-order valence-corrected chi connectivity index (χ0v) is 17.3. The second kappa shape index (κ2) is 8.19. The molecule has 2 bridgehead atoms. The Bertz CT molecular complexity index is 807. The molecular formula is C23H30N2O5. The maximum atomic E-state index is 13.1. The first-order valence-electron chi connectivity index (χ1n) is 11.2. The Morgan fingerprint density at radius 2 is 1.93 bits per heavy atom. The van der Waals surface area contributed by atoms with Crippen molar-refractivity contribution in [3.05, 3.63) is 29.8 Å². The summed E-state index contributed by atoms with van der Waals surface area (Å²) in [5, 5.41) is 3.13. The Kier molecular flexibility index (Phi) is 5.41. The highest BCUT2D eigenvalue weighted by Crippen LogP contribution is 2.39. The molecule has 0 radical (unpaired) electrons. The number of amides is 2. The second-order valence-corrected chi connectivity index (χ2v) is 8.99. The van der Waals surface area contributed by atoms with Crippen molar-refractivity contribution >= 4 is 11.8 Å². The van der Waals surface area contributed by atoms with E-state index >= 15 is 0 Å². The van der Waals surface area contributed by atoms with Gasteiger partial charge in [-0.1, -0.05) is 18.2 Å². The first kappa shape index (κ1) is 19.8. The molecule has 1 spiro atoms. The van der Waals surface area contributed by atoms with Crippen LogP contribution in [0.15, 0.2) is 24.3 Å². The van der Waals surface area contributed by atoms with E-state index in [4.69, 9.17) is 14.2 Å². The number of hydrogen-bond donors (Lipinski definition) is 1. The summed E-state index contributed by atoms with van der Waals surface area (Å²) in [5.41, 5.74) is 0.702. The van der Waals surface area contributed by atoms with Crippen LogP contribution in [0.1, 0.15) is 50.0 Å². The molecule has 4 aliphatic heterocycles. The summed E-state index contributed by atoms with van der Waals surface area (Å²) in [4.78, 5) is 27.0. The minimum atomic E-state index is -0.549. The van der Waals surface area contributed by atoms with Crippen molar-refractivity contribution in [3.8, 4) is 5.75 Å². The normalized spacial score (nSPS) is 34.7. The molecule has 2 amide bonds. The largest absolute Gasteiger partial charge is 0.493 e. The fraction of sp³-hybridized carbons (Fsp3) is 0.652. The van der Waals surface area contributed by atoms with Crippen molar-refractivity contribution in [3.63, 3.8) is 0 Å². The average Bonchev–Trinajstić information content (AvgIpc) is 3.09. The van der Waals surface area contributed by atoms with E-state index in [1.165, 1.54) is 5.56 Å². The number of morpholine rings is 1. The van der Waals surface area contributed by atoms with Crippen molar-refractivity contribution in [2.75, 3.05) is 33.0 Å². The molecule has 7 heteroatoms. The van der Waals surface area contributed by atoms with E-state index in [1.54, 1.807) is 0 Å². The van der Waals surface area contributed by atoms with E-state index < -0.39 is 5.54 Å². The highest BCUT2D eigenvalue weighted by atomic mass is 16.5. The summed E-state index contributed by atoms with van der Waals surface area (Å²) < 4.78 is 18.0. The maximum absolute atomic E-state index is 13.1. The molecule has 0 aromatic heterocycles. The first-order valence-corrected chi connectivity index (χ1v) is 11.2. The van der Waals surface area contributed by atoms with Gasteiger partial charge >= 0.3 is 0 Å². The van der Waals surface area contributed by atoms with Gasteiger partial charge in [0.15, 0.2) is 0 Å². The van der Waals surface area contributed by atoms with Crippen LogP contribution < -0.4 is 10.1 Å². The van der Waals surface area contributed by atoms with Gasteiger partial charge in [0.05, 0.1) is 43.9 Å². The van der Waals surface area contributed by atoms with Crippen LogP contribution in [0.5, 0.6) is 5.75 Å². The Balaban J connectivity index is 1.40. The summed E-state index contributed by atoms with van der Waals surface area (Å²) in [7, 11) is 0. The molecule has 6 rings (SSSR count). The molecule has 0 unspecified atom stereocenters. The zero-order valence-electron chi connectivity index (χ0n) is 17.3. The number of para-hydroxylation sites is 1. The minimum absolute atomic E-state index is 0.0417. The molecule has 162 valence electrons. The van der Waals surface area contributed by atoms with Crippen LogP contribution in [0.4, 0.5) is 0 Å². The predicted octanol–water partition coefficient (Wildman–Crippen LogP) is 2.00. The van der Waals surface area contributed by atoms with E-state index in [-0.39, 0.29) is 30.6 Å². The fourth-order valence-corrected chi connectivity index (χ4v) is 5.59. The summed E-state index contributed by atoms with van der Waals surface area (Å²) >= 11 is 0. The lowest BCUT2D eigenvalue weighted by atomic mass is 9.82. The van der Waals surface area contributed by atoms with Crippen molar-refractivity contribution in [2.45, 2.75) is 62.1 Å². The van der Waals surface area contributed by atoms with Crippen LogP contribution in [0.2, 0.25) is 0 Å². The van der Waals surface area contributed by atoms with Crippen molar-refractivity contribution in [2.24, 2.45) is 0 Å². The highest BCUT2D eigenvalue weighted by molar-refractivity contribution is 5.80. The maximum Gasteiger partial charge on any atom is 0.246 e. The number of hydrogen-bond acceptors (Lipinski definition) is 5. The van der Waals surface area contributed by atoms with Gasteiger partial charge in [0.25, 0.3) is 0 Å². The number of fused-ring (bicyclic) bond motifs is 6. The average molecular weight is 415 g/mol. The van der Waals surface area contributed by atoms with Crippen LogP contribution in [0, 0.1) is 0 Å². The van der Waals surface area contributed by atoms with Gasteiger partial charge in [-0.05, 0) is 49.7 Å². The highest BCUT2D eigenvalue weighted by Gasteiger charge is 2.52. The molecule has 30 heavy (non-hydrogen) atoms. The van der Waals surface area contributed by atoms with Gasteiger partial charge in [0.2, 0.25) is 11.8 Å². The molecule has 7 nitrogen and oxygen atoms in total. The third kappa shape index (κ3) is 3.69. The number of ether oxygens (including phenoxy) is 3. The first-order chi connectivity index (χ1) is 14.6. The van der Waals surface area contributed by atoms with E-state index in [0.29, 0.717) is 45.1 Å². The molecular weight excluding hydrogens is 384 g/mol. The van der Waals surface area contributed by atoms with E-state index in [1.807, 2.05) is 17.0 Å². The van der Waals surface area contributed by atoms with Crippen molar-refractivity contribution in [1.29, 1.82) is 0 Å². The van der Waals surface area contributed by atoms with Gasteiger partial charge in [0, 0.05) is 6.54 Å². The van der Waals surface area contributed by atoms with Crippen LogP contribution >= 0.6 is 0 Å². The topological polar surface area (TPSA) is 77.1 Å². The molecule has 2 saturated heterocycles. The molecule has 1 aliphatic carbocycles. The van der Waals surface area contributed by atoms with Gasteiger partial charge in [-0.15, -0.1) is 0 Å². The number of carbonyl (C=O) groups excluding carboxylic acids is 2. The third-order valence-electron chi connectivity index (χ3n) is 7.21. The molecule has 1 N–H and O–H groups in total. The van der Waals surface area contributed by atoms with Gasteiger partial charge in [0.1, 0.15) is 12.4 Å². The summed E-state index contributed by atoms with van der Waals surface area (Å²) in [6.07, 6.45) is 5.32. The van der Waals surface area contributed by atoms with Crippen LogP contribution in [-0.4, -0.2) is 67.4 Å². The van der Waals surface area contributed by atoms with Gasteiger partial charge in [-0.25, -0.2) is 0 Å². The van der Waals surface area contributed by atoms with Gasteiger partial charge < -0.3 is 24.4 Å². The smallest absolute Gasteiger partial charge is 0.246 e. The summed E-state index contributed by atoms with van der Waals surface area (Å²) in [6, 6.07) is 8.01. The molecule has 3 fully saturated rings. The molecule has 1 saturated carbocycles. The Labute approximate surface area is 177 Å². The standard InChI is InChI=1S/C23H30N2O5/c26-21-14-28-15-23(24-21)10-11-25-20(23)13-30-17-7-5-16(6-8-17)18-3-1-2-4-19(18)29-12-9-22(25)27/h1-4,16-17,20H,5-15H2,(H,24,26)/t16?,17?,20-,23-/m0/s1. The number of rotatable bonds is 0. The fourth-order valence-electron chi connectivity index (χ4n) is 5.59. The van der Waals surface area contributed by atoms with Crippen LogP contribution in [0.25, 0.3) is 0 Å². The lowest BCUT2D eigenvalue weighted by Gasteiger charge is -2.41. The number of benzene rings is 1. The molecule has 1 aromatic carbocycles. The zero-order chi connectivity index (χ0) is 20.6. The van der Waals surface area contributed by atoms with Gasteiger partial charge in [-0.2, -0.15) is 0 Å². The Hall–Kier alpha value is -2.12. The lowest BCUT2D eigenvalue weighted by Crippen LogP contribution is -2.65. The minimum Gasteiger partial charge on any atom is -0.493 e. The van der Waals surface area contributed by atoms with Crippen molar-refractivity contribution in [1.82, 2.24) is 10.2 Å². The third-order valence-corrected chi connectivity index (χ3v) is 7.21. The van der Waals surface area contributed by atoms with Crippen LogP contribution in [-0.2, 0) is 19.1 Å². The quantitative estimate of drug-likeness (QED) is 0.703. The Morgan fingerprint density at radius 1 is 1.10 bits per heavy atom. The second-order valence-electron chi connectivity index (χ2n) is 8.99. The van der Waals surface area contributed by atoms with Crippen molar-refractivity contribution < 1.29 is 23.8 Å².